The van der Waals surface area contributed by atoms with E-state index in [9.17, 15) is 47.3 Å². The number of sulfonamides is 1. The summed E-state index contributed by atoms with van der Waals surface area (Å²) >= 11 is 0. The van der Waals surface area contributed by atoms with Crippen molar-refractivity contribution in [3.63, 3.8) is 0 Å². The fourth-order valence-electron chi connectivity index (χ4n) is 5.50. The molecule has 3 aromatic rings. The van der Waals surface area contributed by atoms with Gasteiger partial charge in [0.15, 0.2) is 37.9 Å². The van der Waals surface area contributed by atoms with Crippen LogP contribution in [0.25, 0.3) is 0 Å². The molecule has 0 fully saturated rings. The molecule has 0 spiro atoms. The number of para-hydroxylation sites is 1. The molecule has 0 heterocycles. The Morgan fingerprint density at radius 2 is 1.17 bits per heavy atom. The highest BCUT2D eigenvalue weighted by molar-refractivity contribution is 7.89. The minimum absolute atomic E-state index is 0.00151. The van der Waals surface area contributed by atoms with E-state index in [2.05, 4.69) is 6.58 Å². The monoisotopic (exact) mass is 1020 g/mol. The van der Waals surface area contributed by atoms with Crippen LogP contribution in [0.3, 0.4) is 0 Å². The first-order valence-electron chi connectivity index (χ1n) is 21.8. The Kier molecular flexibility index (Phi) is 22.6. The quantitative estimate of drug-likeness (QED) is 0.0325. The summed E-state index contributed by atoms with van der Waals surface area (Å²) in [6.45, 7) is 10.4. The predicted molar refractivity (Wildman–Crippen MR) is 248 cm³/mol. The first kappa shape index (κ1) is 58.4. The van der Waals surface area contributed by atoms with Crippen molar-refractivity contribution >= 4 is 51.5 Å². The topological polar surface area (TPSA) is 270 Å². The molecule has 3 rings (SSSR count). The number of benzene rings is 3. The van der Waals surface area contributed by atoms with Gasteiger partial charge in [0.05, 0.1) is 24.6 Å². The summed E-state index contributed by atoms with van der Waals surface area (Å²) in [6.07, 6.45) is 0.667. The molecule has 0 aromatic heterocycles. The van der Waals surface area contributed by atoms with E-state index in [0.29, 0.717) is 26.6 Å². The van der Waals surface area contributed by atoms with Crippen LogP contribution in [-0.4, -0.2) is 138 Å². The third-order valence-electron chi connectivity index (χ3n) is 8.67. The number of likely N-dealkylation sites (N-methyl/N-ethyl adjacent to an activating group) is 1. The molecule has 0 unspecified atom stereocenters. The zero-order valence-corrected chi connectivity index (χ0v) is 41.6. The predicted octanol–water partition coefficient (Wildman–Crippen LogP) is 4.84. The third-order valence-corrected chi connectivity index (χ3v) is 10.3. The van der Waals surface area contributed by atoms with Crippen LogP contribution in [-0.2, 0) is 80.7 Å². The van der Waals surface area contributed by atoms with Crippen molar-refractivity contribution in [2.45, 2.75) is 84.1 Å². The van der Waals surface area contributed by atoms with Gasteiger partial charge >= 0.3 is 12.1 Å². The second-order valence-corrected chi connectivity index (χ2v) is 18.7. The number of hydrogen-bond acceptors (Lipinski definition) is 18. The van der Waals surface area contributed by atoms with Gasteiger partial charge in [0.25, 0.3) is 39.3 Å². The van der Waals surface area contributed by atoms with Crippen LogP contribution in [0.1, 0.15) is 66.0 Å². The average molecular weight is 1020 g/mol. The summed E-state index contributed by atoms with van der Waals surface area (Å²) in [5, 5.41) is 14.9. The molecule has 0 saturated carbocycles. The molecule has 0 radical (unpaired) electrons. The fourth-order valence-corrected chi connectivity index (χ4v) is 6.89. The Morgan fingerprint density at radius 1 is 0.648 bits per heavy atom. The van der Waals surface area contributed by atoms with Gasteiger partial charge in [-0.15, -0.1) is 6.58 Å². The number of nitrogens with zero attached hydrogens (tertiary/aromatic N) is 6. The summed E-state index contributed by atoms with van der Waals surface area (Å²) in [7, 11) is -3.77. The van der Waals surface area contributed by atoms with Crippen molar-refractivity contribution in [3.05, 3.63) is 113 Å². The largest absolute Gasteiger partial charge is 0.514 e. The molecule has 0 N–H and O–H groups in total. The SMILES string of the molecule is C=CCN(OCC(=O)N(CCC)OCC(=O)N(Cc1ccccc1)OCC(=O)OC(C)(C)C)C(=O)CON(C)C(=O)CON(Cc1ccc(OC(=O)OC(C)(C)C)cc1)S(=O)(=O)c1ccccc1[N+](=O)[O-]. The van der Waals surface area contributed by atoms with Crippen molar-refractivity contribution in [2.24, 2.45) is 0 Å². The molecule has 388 valence electrons. The zero-order valence-electron chi connectivity index (χ0n) is 40.8. The molecule has 3 aromatic carbocycles. The fraction of sp³-hybridized carbons (Fsp3) is 0.435. The Balaban J connectivity index is 1.65. The number of amides is 4. The van der Waals surface area contributed by atoms with Crippen molar-refractivity contribution in [1.82, 2.24) is 24.7 Å². The Hall–Kier alpha value is -6.87. The lowest BCUT2D eigenvalue weighted by molar-refractivity contribution is -0.387. The minimum atomic E-state index is -4.86. The molecule has 71 heavy (non-hydrogen) atoms. The molecule has 0 bridgehead atoms. The lowest BCUT2D eigenvalue weighted by Crippen LogP contribution is -2.43. The van der Waals surface area contributed by atoms with E-state index < -0.39 is 112 Å². The van der Waals surface area contributed by atoms with Crippen LogP contribution in [0.5, 0.6) is 5.75 Å². The second kappa shape index (κ2) is 27.5. The summed E-state index contributed by atoms with van der Waals surface area (Å²) in [5.41, 5.74) is -1.51. The van der Waals surface area contributed by atoms with E-state index in [4.69, 9.17) is 38.4 Å². The number of carbonyl (C=O) groups is 6. The first-order chi connectivity index (χ1) is 33.3. The molecule has 0 aliphatic carbocycles. The van der Waals surface area contributed by atoms with E-state index in [1.54, 1.807) is 78.8 Å². The number of rotatable bonds is 27. The summed E-state index contributed by atoms with van der Waals surface area (Å²) < 4.78 is 43.7. The number of carbonyl (C=O) groups excluding carboxylic acids is 6. The Labute approximate surface area is 411 Å². The van der Waals surface area contributed by atoms with Crippen LogP contribution in [0.4, 0.5) is 10.5 Å². The van der Waals surface area contributed by atoms with Gasteiger partial charge in [-0.25, -0.2) is 38.3 Å². The van der Waals surface area contributed by atoms with Crippen LogP contribution < -0.4 is 4.74 Å². The average Bonchev–Trinajstić information content (AvgIpc) is 3.30. The molecule has 0 saturated heterocycles. The molecule has 0 atom stereocenters. The molecule has 24 nitrogen and oxygen atoms in total. The van der Waals surface area contributed by atoms with Crippen molar-refractivity contribution in [1.29, 1.82) is 0 Å². The Bertz CT molecular complexity index is 2410. The lowest BCUT2D eigenvalue weighted by Gasteiger charge is -2.26. The van der Waals surface area contributed by atoms with Gasteiger partial charge in [0.1, 0.15) is 17.0 Å². The van der Waals surface area contributed by atoms with Gasteiger partial charge in [-0.2, -0.15) is 0 Å². The van der Waals surface area contributed by atoms with Gasteiger partial charge in [0, 0.05) is 19.7 Å². The van der Waals surface area contributed by atoms with Gasteiger partial charge < -0.3 is 14.2 Å². The number of esters is 1. The maximum atomic E-state index is 13.9. The minimum Gasteiger partial charge on any atom is -0.458 e. The second-order valence-electron chi connectivity index (χ2n) is 16.9. The third kappa shape index (κ3) is 20.6. The van der Waals surface area contributed by atoms with Crippen LogP contribution in [0, 0.1) is 10.1 Å². The number of ether oxygens (including phenoxy) is 3. The number of nitro groups is 1. The molecule has 25 heteroatoms. The van der Waals surface area contributed by atoms with Crippen LogP contribution in [0.15, 0.2) is 96.4 Å². The standard InChI is InChI=1S/C46H60N6O18S/c1-10-25-48(64-31-41(55)49(26-11-2)65-32-42(56)50(27-34-17-13-12-14-18-34)66-33-43(57)69-45(3,4)5)40(54)30-63-47(9)39(53)29-67-51(71(61,62)38-20-16-15-19-37(38)52(59)60)28-35-21-23-36(24-22-35)68-44(58)70-46(6,7)8/h10,12-24H,1,11,25-33H2,2-9H3. The number of nitro benzene ring substituents is 1. The summed E-state index contributed by atoms with van der Waals surface area (Å²) in [6, 6.07) is 18.7. The maximum Gasteiger partial charge on any atom is 0.514 e. The van der Waals surface area contributed by atoms with Crippen molar-refractivity contribution in [3.8, 4) is 5.75 Å². The smallest absolute Gasteiger partial charge is 0.458 e. The van der Waals surface area contributed by atoms with E-state index in [0.717, 1.165) is 29.3 Å². The number of hydrogen-bond donors (Lipinski definition) is 0. The van der Waals surface area contributed by atoms with E-state index in [1.165, 1.54) is 42.5 Å². The molecule has 4 amide bonds. The highest BCUT2D eigenvalue weighted by Crippen LogP contribution is 2.28. The summed E-state index contributed by atoms with van der Waals surface area (Å²) in [5.74, 6) is -4.15. The summed E-state index contributed by atoms with van der Waals surface area (Å²) in [4.78, 5) is 115. The van der Waals surface area contributed by atoms with Crippen molar-refractivity contribution < 1.29 is 80.5 Å². The normalized spacial score (nSPS) is 11.6. The highest BCUT2D eigenvalue weighted by atomic mass is 32.2. The number of hydroxylamine groups is 9. The maximum absolute atomic E-state index is 13.9. The molecular formula is C46H60N6O18S. The van der Waals surface area contributed by atoms with E-state index >= 15 is 0 Å². The molecule has 0 aliphatic heterocycles. The van der Waals surface area contributed by atoms with Crippen LogP contribution >= 0.6 is 0 Å². The van der Waals surface area contributed by atoms with Gasteiger partial charge in [-0.05, 0) is 77.3 Å². The lowest BCUT2D eigenvalue weighted by atomic mass is 10.2. The van der Waals surface area contributed by atoms with E-state index in [1.807, 2.05) is 0 Å². The first-order valence-corrected chi connectivity index (χ1v) is 23.2. The molecular weight excluding hydrogens is 957 g/mol. The Morgan fingerprint density at radius 3 is 1.76 bits per heavy atom. The van der Waals surface area contributed by atoms with Gasteiger partial charge in [-0.3, -0.25) is 53.5 Å². The van der Waals surface area contributed by atoms with E-state index in [-0.39, 0.29) is 30.9 Å². The van der Waals surface area contributed by atoms with Crippen LogP contribution in [0.2, 0.25) is 0 Å². The van der Waals surface area contributed by atoms with Crippen molar-refractivity contribution in [2.75, 3.05) is 53.2 Å². The molecule has 0 aliphatic rings. The highest BCUT2D eigenvalue weighted by Gasteiger charge is 2.34. The van der Waals surface area contributed by atoms with Gasteiger partial charge in [-0.1, -0.05) is 72.1 Å². The van der Waals surface area contributed by atoms with Gasteiger partial charge in [0.2, 0.25) is 0 Å². The zero-order chi connectivity index (χ0) is 52.9.